The van der Waals surface area contributed by atoms with E-state index < -0.39 is 11.6 Å². The maximum atomic E-state index is 15.1. The van der Waals surface area contributed by atoms with Gasteiger partial charge in [0.15, 0.2) is 5.17 Å². The lowest BCUT2D eigenvalue weighted by Crippen LogP contribution is -2.59. The Morgan fingerprint density at radius 2 is 1.68 bits per heavy atom. The molecule has 5 heterocycles. The van der Waals surface area contributed by atoms with Crippen molar-refractivity contribution in [2.24, 2.45) is 10.9 Å². The molecule has 0 saturated carbocycles. The number of aliphatic imine (C=N–C) groups is 1. The lowest BCUT2D eigenvalue weighted by atomic mass is 9.81. The summed E-state index contributed by atoms with van der Waals surface area (Å²) in [5, 5.41) is 5.02. The summed E-state index contributed by atoms with van der Waals surface area (Å²) >= 11 is 7.81. The van der Waals surface area contributed by atoms with E-state index in [0.29, 0.717) is 48.4 Å². The van der Waals surface area contributed by atoms with Crippen LogP contribution >= 0.6 is 23.4 Å². The minimum atomic E-state index is -0.721. The Bertz CT molecular complexity index is 2150. The van der Waals surface area contributed by atoms with Gasteiger partial charge in [0.05, 0.1) is 12.1 Å². The van der Waals surface area contributed by atoms with Crippen LogP contribution in [0.1, 0.15) is 107 Å². The smallest absolute Gasteiger partial charge is 0.263 e. The number of amides is 3. The number of rotatable bonds is 12. The van der Waals surface area contributed by atoms with E-state index in [1.165, 1.54) is 35.7 Å². The molecule has 1 N–H and O–H groups in total. The van der Waals surface area contributed by atoms with E-state index >= 15 is 4.79 Å². The van der Waals surface area contributed by atoms with Gasteiger partial charge in [-0.2, -0.15) is 0 Å². The summed E-state index contributed by atoms with van der Waals surface area (Å²) in [4.78, 5) is 56.9. The third-order valence-corrected chi connectivity index (χ3v) is 14.5. The largest absolute Gasteiger partial charge is 0.337 e. The molecule has 5 aliphatic heterocycles. The lowest BCUT2D eigenvalue weighted by Gasteiger charge is -2.42. The fourth-order valence-corrected chi connectivity index (χ4v) is 11.4. The van der Waals surface area contributed by atoms with Crippen LogP contribution in [-0.2, 0) is 26.3 Å². The molecule has 60 heavy (non-hydrogen) atoms. The first-order valence-corrected chi connectivity index (χ1v) is 23.2. The second-order valence-corrected chi connectivity index (χ2v) is 19.0. The van der Waals surface area contributed by atoms with E-state index in [4.69, 9.17) is 16.6 Å². The van der Waals surface area contributed by atoms with Crippen molar-refractivity contribution in [3.8, 4) is 0 Å². The van der Waals surface area contributed by atoms with Crippen LogP contribution in [0.4, 0.5) is 0 Å². The van der Waals surface area contributed by atoms with Crippen molar-refractivity contribution in [2.75, 3.05) is 26.2 Å². The van der Waals surface area contributed by atoms with Gasteiger partial charge in [-0.15, -0.1) is 0 Å². The van der Waals surface area contributed by atoms with Crippen LogP contribution < -0.4 is 5.32 Å². The Labute approximate surface area is 365 Å². The normalized spacial score (nSPS) is 26.4. The first-order chi connectivity index (χ1) is 29.0. The van der Waals surface area contributed by atoms with Gasteiger partial charge in [-0.25, -0.2) is 4.99 Å². The van der Waals surface area contributed by atoms with Gasteiger partial charge in [0, 0.05) is 48.9 Å². The summed E-state index contributed by atoms with van der Waals surface area (Å²) in [6, 6.07) is 26.5. The average molecular weight is 848 g/mol. The number of halogens is 1. The highest BCUT2D eigenvalue weighted by atomic mass is 35.5. The number of carbonyl (C=O) groups excluding carboxylic acids is 3. The zero-order valence-electron chi connectivity index (χ0n) is 35.6. The van der Waals surface area contributed by atoms with Gasteiger partial charge in [0.25, 0.3) is 5.91 Å². The molecule has 6 atom stereocenters. The zero-order chi connectivity index (χ0) is 42.1. The summed E-state index contributed by atoms with van der Waals surface area (Å²) in [6.07, 6.45) is 10.3. The molecule has 0 spiro atoms. The second kappa shape index (κ2) is 17.9. The highest BCUT2D eigenvalue weighted by Gasteiger charge is 2.54. The van der Waals surface area contributed by atoms with Crippen LogP contribution in [0.5, 0.6) is 0 Å². The zero-order valence-corrected chi connectivity index (χ0v) is 37.2. The molecular weight excluding hydrogens is 788 g/mol. The summed E-state index contributed by atoms with van der Waals surface area (Å²) in [5.74, 6) is -0.0849. The quantitative estimate of drug-likeness (QED) is 0.145. The Morgan fingerprint density at radius 1 is 0.950 bits per heavy atom. The fraction of sp³-hybridized carbons (Fsp3) is 0.469. The molecule has 2 fully saturated rings. The Morgan fingerprint density at radius 3 is 2.35 bits per heavy atom. The van der Waals surface area contributed by atoms with Gasteiger partial charge >= 0.3 is 0 Å². The molecule has 0 aromatic heterocycles. The third-order valence-electron chi connectivity index (χ3n) is 13.2. The molecule has 0 bridgehead atoms. The molecule has 8 rings (SSSR count). The Kier molecular flexibility index (Phi) is 12.6. The van der Waals surface area contributed by atoms with Crippen LogP contribution in [0.15, 0.2) is 107 Å². The minimum Gasteiger partial charge on any atom is -0.337 e. The molecule has 316 valence electrons. The van der Waals surface area contributed by atoms with E-state index in [-0.39, 0.29) is 41.8 Å². The molecule has 2 saturated heterocycles. The summed E-state index contributed by atoms with van der Waals surface area (Å²) in [6.45, 7) is 13.0. The lowest BCUT2D eigenvalue weighted by molar-refractivity contribution is -0.147. The van der Waals surface area contributed by atoms with E-state index in [1.54, 1.807) is 4.90 Å². The topological polar surface area (TPSA) is 88.6 Å². The van der Waals surface area contributed by atoms with Crippen molar-refractivity contribution < 1.29 is 14.4 Å². The molecule has 9 nitrogen and oxygen atoms in total. The van der Waals surface area contributed by atoms with Crippen LogP contribution in [0, 0.1) is 5.92 Å². The highest BCUT2D eigenvalue weighted by Crippen LogP contribution is 2.56. The average Bonchev–Trinajstić information content (AvgIpc) is 4.07. The third kappa shape index (κ3) is 8.19. The van der Waals surface area contributed by atoms with Gasteiger partial charge in [-0.1, -0.05) is 111 Å². The Hall–Kier alpha value is -4.38. The van der Waals surface area contributed by atoms with Crippen molar-refractivity contribution in [1.82, 2.24) is 24.9 Å². The highest BCUT2D eigenvalue weighted by molar-refractivity contribution is 8.18. The van der Waals surface area contributed by atoms with E-state index in [0.717, 1.165) is 47.8 Å². The number of amidine groups is 1. The van der Waals surface area contributed by atoms with Crippen molar-refractivity contribution >= 4 is 46.3 Å². The predicted octanol–water partition coefficient (Wildman–Crippen LogP) is 9.02. The maximum Gasteiger partial charge on any atom is 0.263 e. The molecule has 3 amide bonds. The van der Waals surface area contributed by atoms with Gasteiger partial charge < -0.3 is 24.9 Å². The van der Waals surface area contributed by atoms with E-state index in [1.807, 2.05) is 59.2 Å². The standard InChI is InChI=1S/C49H59ClN6O3S/c1-6-39-26-27-41(46(58)53-29-30-54(33(4)31-53)42(57)17-11-10-13-34-18-20-35(21-19-34)40-16-12-28-51-40)55(39)47(59)44-43(32(2)3)56-45(36-22-24-38(50)25-23-36)49(5,52-48(56)60-44)37-14-8-7-9-15-37/h7-9,14-15,18-27,32-33,39-41,45,51H,6,10-13,16-17,28-31H2,1-5H3/t33-,39-,40?,41+,45-,49+/m1/s1. The monoisotopic (exact) mass is 846 g/mol. The fourth-order valence-electron chi connectivity index (χ4n) is 9.96. The number of allylic oxidation sites excluding steroid dienone is 1. The number of fused-ring (bicyclic) bond motifs is 1. The van der Waals surface area contributed by atoms with Gasteiger partial charge in [-0.05, 0) is 111 Å². The molecule has 3 aromatic rings. The van der Waals surface area contributed by atoms with Crippen molar-refractivity contribution in [1.29, 1.82) is 0 Å². The first-order valence-electron chi connectivity index (χ1n) is 22.0. The number of carbonyl (C=O) groups is 3. The SMILES string of the molecule is CC[C@@H]1C=C[C@@H](C(=O)N2CCN(C(=O)CCCCc3ccc(C4CCCN4)cc3)[C@H](C)C2)N1C(=O)C1=C(C(C)C)N2C(=N[C@@](C)(c3ccccc3)[C@H]2c2ccc(Cl)cc2)S1. The van der Waals surface area contributed by atoms with Crippen LogP contribution in [0.2, 0.25) is 5.02 Å². The van der Waals surface area contributed by atoms with Crippen molar-refractivity contribution in [3.63, 3.8) is 0 Å². The summed E-state index contributed by atoms with van der Waals surface area (Å²) in [5.41, 5.74) is 5.13. The number of aryl methyl sites for hydroxylation is 1. The van der Waals surface area contributed by atoms with E-state index in [2.05, 4.69) is 86.4 Å². The maximum absolute atomic E-state index is 15.1. The number of unbranched alkanes of at least 4 members (excludes halogenated alkanes) is 1. The number of nitrogens with zero attached hydrogens (tertiary/aromatic N) is 5. The summed E-state index contributed by atoms with van der Waals surface area (Å²) in [7, 11) is 0. The van der Waals surface area contributed by atoms with Crippen molar-refractivity contribution in [2.45, 2.75) is 115 Å². The van der Waals surface area contributed by atoms with Gasteiger partial charge in [-0.3, -0.25) is 14.4 Å². The van der Waals surface area contributed by atoms with Crippen LogP contribution in [0.3, 0.4) is 0 Å². The van der Waals surface area contributed by atoms with Crippen LogP contribution in [-0.4, -0.2) is 86.8 Å². The molecular formula is C49H59ClN6O3S. The van der Waals surface area contributed by atoms with Gasteiger partial charge in [0.1, 0.15) is 16.5 Å². The molecule has 11 heteroatoms. The second-order valence-electron chi connectivity index (χ2n) is 17.5. The molecule has 1 unspecified atom stereocenters. The Balaban J connectivity index is 0.937. The molecule has 5 aliphatic rings. The van der Waals surface area contributed by atoms with E-state index in [9.17, 15) is 9.59 Å². The minimum absolute atomic E-state index is 0.00101. The number of thioether (sulfide) groups is 1. The number of piperazine rings is 1. The van der Waals surface area contributed by atoms with Crippen LogP contribution in [0.25, 0.3) is 0 Å². The molecule has 3 aromatic carbocycles. The van der Waals surface area contributed by atoms with Gasteiger partial charge in [0.2, 0.25) is 11.8 Å². The summed E-state index contributed by atoms with van der Waals surface area (Å²) < 4.78 is 0. The molecule has 0 radical (unpaired) electrons. The number of nitrogens with one attached hydrogen (secondary N) is 1. The predicted molar refractivity (Wildman–Crippen MR) is 242 cm³/mol. The van der Waals surface area contributed by atoms with Crippen molar-refractivity contribution in [3.05, 3.63) is 129 Å². The number of hydrogen-bond acceptors (Lipinski definition) is 7. The number of benzene rings is 3. The molecule has 0 aliphatic carbocycles. The first kappa shape index (κ1) is 42.3. The number of hydrogen-bond donors (Lipinski definition) is 1.